The Morgan fingerprint density at radius 1 is 1.13 bits per heavy atom. The zero-order valence-corrected chi connectivity index (χ0v) is 19.1. The lowest BCUT2D eigenvalue weighted by Gasteiger charge is -2.15. The molecule has 0 aliphatic rings. The van der Waals surface area contributed by atoms with Gasteiger partial charge in [-0.05, 0) is 47.7 Å². The van der Waals surface area contributed by atoms with E-state index in [4.69, 9.17) is 11.6 Å². The van der Waals surface area contributed by atoms with E-state index >= 15 is 0 Å². The number of rotatable bonds is 9. The number of hydrogen-bond acceptors (Lipinski definition) is 6. The van der Waals surface area contributed by atoms with Crippen molar-refractivity contribution in [3.8, 4) is 0 Å². The number of hydrogen-bond donors (Lipinski definition) is 2. The van der Waals surface area contributed by atoms with Gasteiger partial charge < -0.3 is 10.6 Å². The smallest absolute Gasteiger partial charge is 0.234 e. The lowest BCUT2D eigenvalue weighted by Crippen LogP contribution is -2.17. The predicted molar refractivity (Wildman–Crippen MR) is 123 cm³/mol. The van der Waals surface area contributed by atoms with Gasteiger partial charge in [0.15, 0.2) is 4.34 Å². The molecule has 158 valence electrons. The third-order valence-corrected chi connectivity index (χ3v) is 6.80. The van der Waals surface area contributed by atoms with Gasteiger partial charge in [0.1, 0.15) is 5.82 Å². The first-order chi connectivity index (χ1) is 14.5. The summed E-state index contributed by atoms with van der Waals surface area (Å²) in [6, 6.07) is 10.1. The Labute approximate surface area is 188 Å². The average Bonchev–Trinajstić information content (AvgIpc) is 3.20. The summed E-state index contributed by atoms with van der Waals surface area (Å²) in [5.74, 6) is -0.144. The highest BCUT2D eigenvalue weighted by atomic mass is 35.5. The summed E-state index contributed by atoms with van der Waals surface area (Å²) in [6.45, 7) is 4.59. The van der Waals surface area contributed by atoms with E-state index in [1.54, 1.807) is 12.1 Å². The van der Waals surface area contributed by atoms with Crippen LogP contribution in [-0.4, -0.2) is 21.9 Å². The maximum absolute atomic E-state index is 13.0. The van der Waals surface area contributed by atoms with Crippen LogP contribution in [0.5, 0.6) is 0 Å². The van der Waals surface area contributed by atoms with Gasteiger partial charge in [-0.25, -0.2) is 4.39 Å². The van der Waals surface area contributed by atoms with E-state index in [9.17, 15) is 9.18 Å². The second-order valence-corrected chi connectivity index (χ2v) is 9.06. The number of aromatic nitrogens is 2. The van der Waals surface area contributed by atoms with Crippen molar-refractivity contribution in [1.82, 2.24) is 10.2 Å². The molecule has 0 saturated carbocycles. The number of anilines is 2. The highest BCUT2D eigenvalue weighted by Gasteiger charge is 2.14. The van der Waals surface area contributed by atoms with E-state index in [0.29, 0.717) is 21.0 Å². The lowest BCUT2D eigenvalue weighted by atomic mass is 10.0. The quantitative estimate of drug-likeness (QED) is 0.392. The molecule has 0 bridgehead atoms. The number of carbonyl (C=O) groups excluding carboxylic acids is 1. The molecule has 0 fully saturated rings. The fourth-order valence-electron chi connectivity index (χ4n) is 2.89. The fraction of sp³-hybridized carbons (Fsp3) is 0.286. The molecule has 0 unspecified atom stereocenters. The molecular formula is C21H22ClFN4OS2. The van der Waals surface area contributed by atoms with E-state index in [1.807, 2.05) is 19.1 Å². The minimum atomic E-state index is -0.262. The highest BCUT2D eigenvalue weighted by molar-refractivity contribution is 8.01. The lowest BCUT2D eigenvalue weighted by molar-refractivity contribution is -0.113. The van der Waals surface area contributed by atoms with Crippen molar-refractivity contribution in [2.45, 2.75) is 37.6 Å². The van der Waals surface area contributed by atoms with Gasteiger partial charge in [-0.3, -0.25) is 4.79 Å². The summed E-state index contributed by atoms with van der Waals surface area (Å²) in [5, 5.41) is 15.7. The number of carbonyl (C=O) groups is 1. The van der Waals surface area contributed by atoms with Gasteiger partial charge in [-0.2, -0.15) is 0 Å². The molecule has 0 atom stereocenters. The van der Waals surface area contributed by atoms with Gasteiger partial charge in [-0.1, -0.05) is 66.7 Å². The predicted octanol–water partition coefficient (Wildman–Crippen LogP) is 5.80. The largest absolute Gasteiger partial charge is 0.356 e. The highest BCUT2D eigenvalue weighted by Crippen LogP contribution is 2.30. The summed E-state index contributed by atoms with van der Waals surface area (Å²) in [6.07, 6.45) is 1.56. The standard InChI is InChI=1S/C21H22ClFN4OS2/c1-3-14-7-10-17(22)16(4-2)19(14)25-18(28)12-29-21-27-26-20(30-21)24-11-13-5-8-15(23)9-6-13/h5-10H,3-4,11-12H2,1-2H3,(H,24,26)(H,25,28). The number of benzene rings is 2. The summed E-state index contributed by atoms with van der Waals surface area (Å²) in [5.41, 5.74) is 3.78. The zero-order valence-electron chi connectivity index (χ0n) is 16.7. The Morgan fingerprint density at radius 3 is 2.60 bits per heavy atom. The van der Waals surface area contributed by atoms with Crippen molar-refractivity contribution < 1.29 is 9.18 Å². The molecule has 5 nitrogen and oxygen atoms in total. The molecule has 2 N–H and O–H groups in total. The molecule has 0 radical (unpaired) electrons. The van der Waals surface area contributed by atoms with E-state index in [2.05, 4.69) is 27.8 Å². The maximum Gasteiger partial charge on any atom is 0.234 e. The van der Waals surface area contributed by atoms with Crippen molar-refractivity contribution in [2.75, 3.05) is 16.4 Å². The van der Waals surface area contributed by atoms with Crippen LogP contribution in [0, 0.1) is 5.82 Å². The van der Waals surface area contributed by atoms with Crippen molar-refractivity contribution in [3.63, 3.8) is 0 Å². The first kappa shape index (κ1) is 22.5. The average molecular weight is 465 g/mol. The van der Waals surface area contributed by atoms with Crippen LogP contribution in [0.1, 0.15) is 30.5 Å². The summed E-state index contributed by atoms with van der Waals surface area (Å²) in [4.78, 5) is 12.5. The Balaban J connectivity index is 1.54. The minimum Gasteiger partial charge on any atom is -0.356 e. The third kappa shape index (κ3) is 5.93. The molecule has 30 heavy (non-hydrogen) atoms. The molecule has 3 aromatic rings. The topological polar surface area (TPSA) is 66.9 Å². The number of nitrogens with zero attached hydrogens (tertiary/aromatic N) is 2. The van der Waals surface area contributed by atoms with Crippen molar-refractivity contribution in [3.05, 3.63) is 63.9 Å². The Hall–Kier alpha value is -2.16. The number of halogens is 2. The molecule has 1 amide bonds. The van der Waals surface area contributed by atoms with Crippen LogP contribution in [0.25, 0.3) is 0 Å². The molecule has 1 heterocycles. The molecular weight excluding hydrogens is 443 g/mol. The number of amides is 1. The number of nitrogens with one attached hydrogen (secondary N) is 2. The van der Waals surface area contributed by atoms with Crippen molar-refractivity contribution >= 4 is 51.4 Å². The van der Waals surface area contributed by atoms with E-state index in [1.165, 1.54) is 35.2 Å². The van der Waals surface area contributed by atoms with Crippen LogP contribution in [0.15, 0.2) is 40.7 Å². The number of aryl methyl sites for hydroxylation is 1. The Bertz CT molecular complexity index is 1010. The normalized spacial score (nSPS) is 10.8. The maximum atomic E-state index is 13.0. The van der Waals surface area contributed by atoms with Crippen LogP contribution in [0.4, 0.5) is 15.2 Å². The van der Waals surface area contributed by atoms with Gasteiger partial charge in [0.05, 0.1) is 5.75 Å². The molecule has 9 heteroatoms. The zero-order chi connectivity index (χ0) is 21.5. The summed E-state index contributed by atoms with van der Waals surface area (Å²) < 4.78 is 13.7. The number of thioether (sulfide) groups is 1. The fourth-order valence-corrected chi connectivity index (χ4v) is 4.73. The summed E-state index contributed by atoms with van der Waals surface area (Å²) >= 11 is 9.01. The van der Waals surface area contributed by atoms with Crippen molar-refractivity contribution in [1.29, 1.82) is 0 Å². The Kier molecular flexibility index (Phi) is 8.07. The third-order valence-electron chi connectivity index (χ3n) is 4.43. The first-order valence-electron chi connectivity index (χ1n) is 9.54. The van der Waals surface area contributed by atoms with Crippen molar-refractivity contribution in [2.24, 2.45) is 0 Å². The van der Waals surface area contributed by atoms with E-state index in [0.717, 1.165) is 35.2 Å². The molecule has 2 aromatic carbocycles. The Morgan fingerprint density at radius 2 is 1.90 bits per heavy atom. The minimum absolute atomic E-state index is 0.109. The van der Waals surface area contributed by atoms with Crippen LogP contribution >= 0.6 is 34.7 Å². The van der Waals surface area contributed by atoms with E-state index in [-0.39, 0.29) is 17.5 Å². The summed E-state index contributed by atoms with van der Waals surface area (Å²) in [7, 11) is 0. The monoisotopic (exact) mass is 464 g/mol. The van der Waals surface area contributed by atoms with Crippen LogP contribution < -0.4 is 10.6 Å². The molecule has 0 aliphatic carbocycles. The first-order valence-corrected chi connectivity index (χ1v) is 11.7. The molecule has 0 spiro atoms. The van der Waals surface area contributed by atoms with Crippen LogP contribution in [-0.2, 0) is 24.2 Å². The molecule has 1 aromatic heterocycles. The van der Waals surface area contributed by atoms with Gasteiger partial charge in [-0.15, -0.1) is 10.2 Å². The van der Waals surface area contributed by atoms with Gasteiger partial charge in [0, 0.05) is 17.3 Å². The van der Waals surface area contributed by atoms with E-state index < -0.39 is 0 Å². The SMILES string of the molecule is CCc1ccc(Cl)c(CC)c1NC(=O)CSc1nnc(NCc2ccc(F)cc2)s1. The van der Waals surface area contributed by atoms with Gasteiger partial charge >= 0.3 is 0 Å². The van der Waals surface area contributed by atoms with Crippen LogP contribution in [0.2, 0.25) is 5.02 Å². The van der Waals surface area contributed by atoms with Crippen LogP contribution in [0.3, 0.4) is 0 Å². The molecule has 3 rings (SSSR count). The molecule has 0 saturated heterocycles. The molecule has 0 aliphatic heterocycles. The second-order valence-electron chi connectivity index (χ2n) is 6.46. The van der Waals surface area contributed by atoms with Gasteiger partial charge in [0.25, 0.3) is 0 Å². The van der Waals surface area contributed by atoms with Gasteiger partial charge in [0.2, 0.25) is 11.0 Å². The second kappa shape index (κ2) is 10.7.